The Morgan fingerprint density at radius 3 is 0.972 bits per heavy atom. The van der Waals surface area contributed by atoms with Crippen molar-refractivity contribution in [3.05, 3.63) is 106 Å². The molecule has 2 heterocycles. The fourth-order valence-electron chi connectivity index (χ4n) is 11.9. The Hall–Kier alpha value is -3.60. The number of rotatable bonds is 36. The van der Waals surface area contributed by atoms with Crippen LogP contribution in [0.1, 0.15) is 290 Å². The second-order valence-corrected chi connectivity index (χ2v) is 22.8. The summed E-state index contributed by atoms with van der Waals surface area (Å²) in [6, 6.07) is 14.5. The Balaban J connectivity index is 1.11. The van der Waals surface area contributed by atoms with Crippen LogP contribution in [0.15, 0.2) is 61.2 Å². The van der Waals surface area contributed by atoms with Crippen LogP contribution in [0.2, 0.25) is 0 Å². The number of aromatic nitrogens is 4. The highest BCUT2D eigenvalue weighted by Gasteiger charge is 2.28. The maximum atomic E-state index is 7.25. The smallest absolute Gasteiger partial charge is 0.131 e. The van der Waals surface area contributed by atoms with E-state index in [0.717, 1.165) is 61.7 Å². The van der Waals surface area contributed by atoms with Gasteiger partial charge in [0.1, 0.15) is 23.1 Å². The molecule has 0 radical (unpaired) electrons. The van der Waals surface area contributed by atoms with Crippen LogP contribution < -0.4 is 4.74 Å². The Bertz CT molecular complexity index is 1830. The molecule has 0 bridgehead atoms. The van der Waals surface area contributed by atoms with E-state index >= 15 is 0 Å². The molecule has 0 spiro atoms. The van der Waals surface area contributed by atoms with Gasteiger partial charge in [0.2, 0.25) is 0 Å². The molecule has 0 saturated heterocycles. The van der Waals surface area contributed by atoms with Gasteiger partial charge < -0.3 is 4.74 Å². The first-order chi connectivity index (χ1) is 35.0. The number of benzene rings is 2. The van der Waals surface area contributed by atoms with Crippen LogP contribution in [0.4, 0.5) is 0 Å². The second-order valence-electron chi connectivity index (χ2n) is 22.8. The maximum absolute atomic E-state index is 7.25. The summed E-state index contributed by atoms with van der Waals surface area (Å²) in [4.78, 5) is 19.8. The summed E-state index contributed by atoms with van der Waals surface area (Å²) >= 11 is 0. The van der Waals surface area contributed by atoms with E-state index in [4.69, 9.17) is 24.7 Å². The lowest BCUT2D eigenvalue weighted by Crippen LogP contribution is -2.18. The molecule has 6 rings (SSSR count). The molecule has 2 fully saturated rings. The van der Waals surface area contributed by atoms with Crippen LogP contribution in [0.3, 0.4) is 0 Å². The van der Waals surface area contributed by atoms with Gasteiger partial charge >= 0.3 is 0 Å². The van der Waals surface area contributed by atoms with Crippen LogP contribution >= 0.6 is 0 Å². The summed E-state index contributed by atoms with van der Waals surface area (Å²) in [6.07, 6.45) is 56.8. The summed E-state index contributed by atoms with van der Waals surface area (Å²) in [5, 5.41) is 0. The Morgan fingerprint density at radius 2 is 0.648 bits per heavy atom. The van der Waals surface area contributed by atoms with Crippen LogP contribution in [-0.2, 0) is 38.5 Å². The second kappa shape index (κ2) is 34.0. The van der Waals surface area contributed by atoms with Crippen molar-refractivity contribution in [2.75, 3.05) is 0 Å². The fourth-order valence-corrected chi connectivity index (χ4v) is 11.9. The van der Waals surface area contributed by atoms with Crippen molar-refractivity contribution in [3.8, 4) is 11.5 Å². The van der Waals surface area contributed by atoms with Gasteiger partial charge in [-0.2, -0.15) is 0 Å². The topological polar surface area (TPSA) is 60.8 Å². The fraction of sp³-hybridized carbons (Fsp3) is 0.697. The van der Waals surface area contributed by atoms with E-state index in [0.29, 0.717) is 23.7 Å². The number of aryl methyl sites for hydroxylation is 4. The predicted octanol–water partition coefficient (Wildman–Crippen LogP) is 19.7. The van der Waals surface area contributed by atoms with Crippen LogP contribution in [0.25, 0.3) is 0 Å². The highest BCUT2D eigenvalue weighted by Crippen LogP contribution is 2.41. The van der Waals surface area contributed by atoms with Gasteiger partial charge in [0.25, 0.3) is 0 Å². The minimum Gasteiger partial charge on any atom is -0.457 e. The highest BCUT2D eigenvalue weighted by molar-refractivity contribution is 5.45. The first-order valence-corrected chi connectivity index (χ1v) is 30.6. The first kappa shape index (κ1) is 56.7. The zero-order valence-electron chi connectivity index (χ0n) is 46.2. The van der Waals surface area contributed by atoms with Crippen molar-refractivity contribution >= 4 is 0 Å². The molecule has 5 heteroatoms. The average Bonchev–Trinajstić information content (AvgIpc) is 3.40. The van der Waals surface area contributed by atoms with Crippen LogP contribution in [0, 0.1) is 11.8 Å². The third-order valence-corrected chi connectivity index (χ3v) is 16.6. The van der Waals surface area contributed by atoms with E-state index in [9.17, 15) is 0 Å². The van der Waals surface area contributed by atoms with E-state index in [2.05, 4.69) is 88.9 Å². The molecule has 0 unspecified atom stereocenters. The zero-order chi connectivity index (χ0) is 49.6. The molecule has 2 aromatic heterocycles. The van der Waals surface area contributed by atoms with Gasteiger partial charge in [0.15, 0.2) is 0 Å². The number of hydrogen-bond acceptors (Lipinski definition) is 5. The molecular formula is C66H102N4O. The van der Waals surface area contributed by atoms with Crippen molar-refractivity contribution in [2.24, 2.45) is 11.8 Å². The molecule has 2 saturated carbocycles. The van der Waals surface area contributed by atoms with E-state index in [-0.39, 0.29) is 0 Å². The molecule has 0 N–H and O–H groups in total. The molecule has 2 aliphatic rings. The van der Waals surface area contributed by atoms with Crippen LogP contribution in [0.5, 0.6) is 11.5 Å². The van der Waals surface area contributed by atoms with Crippen molar-refractivity contribution in [1.29, 1.82) is 0 Å². The molecule has 5 nitrogen and oxygen atoms in total. The van der Waals surface area contributed by atoms with Gasteiger partial charge in [-0.25, -0.2) is 19.9 Å². The van der Waals surface area contributed by atoms with Gasteiger partial charge in [0.05, 0.1) is 0 Å². The SMILES string of the molecule is CCCCCCCCCc1ccc(Oc2ccc(CCCCCCCCC)cc2C[C@H]2CC[C@H](c3ncc(CCCCCCC)cn3)CC2)c(C[C@H]2CC[C@H](c3ncc(CCCCCCC)cn3)CC2)c1. The molecular weight excluding hydrogens is 865 g/mol. The summed E-state index contributed by atoms with van der Waals surface area (Å²) in [7, 11) is 0. The average molecular weight is 968 g/mol. The van der Waals surface area contributed by atoms with E-state index in [1.807, 2.05) is 0 Å². The quantitative estimate of drug-likeness (QED) is 0.0425. The van der Waals surface area contributed by atoms with Gasteiger partial charge in [-0.15, -0.1) is 0 Å². The Morgan fingerprint density at radius 1 is 0.352 bits per heavy atom. The normalized spacial score (nSPS) is 18.3. The number of nitrogens with zero attached hydrogens (tertiary/aromatic N) is 4. The molecule has 0 atom stereocenters. The lowest BCUT2D eigenvalue weighted by Gasteiger charge is -2.29. The standard InChI is InChI=1S/C66H102N4O/c1-5-9-13-17-19-23-25-29-53-37-43-63(61(45-53)47-55-33-39-59(40-34-55)65-67-49-57(50-68-65)31-27-21-15-11-7-3)71-64-44-38-54(30-26-24-20-18-14-10-6-2)46-62(64)48-56-35-41-60(42-36-56)66-69-51-58(52-70-66)32-28-22-16-12-8-4/h37-38,43-46,49-52,55-56,59-60H,5-36,39-42,47-48H2,1-4H3/t55-,56-,59-,60-. The third kappa shape index (κ3) is 21.0. The highest BCUT2D eigenvalue weighted by atomic mass is 16.5. The summed E-state index contributed by atoms with van der Waals surface area (Å²) in [5.41, 5.74) is 8.39. The minimum atomic E-state index is 0.476. The monoisotopic (exact) mass is 967 g/mol. The maximum Gasteiger partial charge on any atom is 0.131 e. The van der Waals surface area contributed by atoms with Crippen molar-refractivity contribution in [3.63, 3.8) is 0 Å². The lowest BCUT2D eigenvalue weighted by atomic mass is 9.78. The van der Waals surface area contributed by atoms with Crippen LogP contribution in [-0.4, -0.2) is 19.9 Å². The Labute approximate surface area is 435 Å². The summed E-state index contributed by atoms with van der Waals surface area (Å²) in [5.74, 6) is 6.56. The molecule has 0 amide bonds. The molecule has 392 valence electrons. The van der Waals surface area contributed by atoms with Crippen molar-refractivity contribution < 1.29 is 4.74 Å². The van der Waals surface area contributed by atoms with Gasteiger partial charge in [0, 0.05) is 36.6 Å². The summed E-state index contributed by atoms with van der Waals surface area (Å²) in [6.45, 7) is 9.20. The van der Waals surface area contributed by atoms with Gasteiger partial charge in [-0.1, -0.05) is 180 Å². The molecule has 2 aliphatic carbocycles. The first-order valence-electron chi connectivity index (χ1n) is 30.6. The number of hydrogen-bond donors (Lipinski definition) is 0. The number of ether oxygens (including phenoxy) is 1. The molecule has 4 aromatic rings. The van der Waals surface area contributed by atoms with E-state index in [1.54, 1.807) is 0 Å². The van der Waals surface area contributed by atoms with E-state index < -0.39 is 0 Å². The zero-order valence-corrected chi connectivity index (χ0v) is 46.2. The third-order valence-electron chi connectivity index (χ3n) is 16.6. The number of unbranched alkanes of at least 4 members (excludes halogenated alkanes) is 20. The molecule has 0 aliphatic heterocycles. The largest absolute Gasteiger partial charge is 0.457 e. The summed E-state index contributed by atoms with van der Waals surface area (Å²) < 4.78 is 7.25. The van der Waals surface area contributed by atoms with Crippen molar-refractivity contribution in [1.82, 2.24) is 19.9 Å². The predicted molar refractivity (Wildman–Crippen MR) is 302 cm³/mol. The van der Waals surface area contributed by atoms with Gasteiger partial charge in [-0.05, 0) is 173 Å². The Kier molecular flexibility index (Phi) is 27.1. The van der Waals surface area contributed by atoms with Crippen molar-refractivity contribution in [2.45, 2.75) is 284 Å². The van der Waals surface area contributed by atoms with E-state index in [1.165, 1.54) is 239 Å². The molecule has 2 aromatic carbocycles. The lowest BCUT2D eigenvalue weighted by molar-refractivity contribution is 0.312. The molecule has 71 heavy (non-hydrogen) atoms. The van der Waals surface area contributed by atoms with Gasteiger partial charge in [-0.3, -0.25) is 0 Å². The minimum absolute atomic E-state index is 0.476.